The summed E-state index contributed by atoms with van der Waals surface area (Å²) in [4.78, 5) is 11.1. The standard InChI is InChI=1S/C17H29N5O/c1-14(2)12-22-9-10-23-16(13-22)11-21-17(18)20-8-6-15-5-3-4-7-19-15/h3-5,7,14,16H,6,8-13H2,1-2H3,(H3,18,20,21)/t16-/m1/s1. The lowest BCUT2D eigenvalue weighted by Gasteiger charge is -2.33. The van der Waals surface area contributed by atoms with E-state index >= 15 is 0 Å². The molecule has 0 amide bonds. The van der Waals surface area contributed by atoms with Gasteiger partial charge in [-0.2, -0.15) is 0 Å². The topological polar surface area (TPSA) is 75.8 Å². The number of morpholine rings is 1. The molecule has 0 saturated carbocycles. The van der Waals surface area contributed by atoms with E-state index in [1.165, 1.54) is 0 Å². The molecule has 2 rings (SSSR count). The van der Waals surface area contributed by atoms with Crippen LogP contribution in [0.25, 0.3) is 0 Å². The fourth-order valence-corrected chi connectivity index (χ4v) is 2.69. The van der Waals surface area contributed by atoms with E-state index in [2.05, 4.69) is 34.0 Å². The molecule has 1 saturated heterocycles. The number of rotatable bonds is 7. The van der Waals surface area contributed by atoms with Gasteiger partial charge in [0.1, 0.15) is 0 Å². The summed E-state index contributed by atoms with van der Waals surface area (Å²) in [6.45, 7) is 9.66. The maximum atomic E-state index is 5.92. The molecule has 1 aromatic rings. The molecule has 2 heterocycles. The predicted octanol–water partition coefficient (Wildman–Crippen LogP) is 0.885. The van der Waals surface area contributed by atoms with Crippen LogP contribution in [0.2, 0.25) is 0 Å². The molecule has 0 bridgehead atoms. The lowest BCUT2D eigenvalue weighted by atomic mass is 10.2. The zero-order chi connectivity index (χ0) is 16.5. The van der Waals surface area contributed by atoms with Gasteiger partial charge in [0.05, 0.1) is 19.3 Å². The molecule has 1 aromatic heterocycles. The maximum absolute atomic E-state index is 5.92. The van der Waals surface area contributed by atoms with Crippen molar-refractivity contribution in [1.29, 1.82) is 0 Å². The van der Waals surface area contributed by atoms with Crippen molar-refractivity contribution in [2.75, 3.05) is 39.3 Å². The number of ether oxygens (including phenoxy) is 1. The van der Waals surface area contributed by atoms with Crippen molar-refractivity contribution in [3.63, 3.8) is 0 Å². The first-order valence-electron chi connectivity index (χ1n) is 8.41. The Morgan fingerprint density at radius 3 is 3.13 bits per heavy atom. The molecule has 1 aliphatic heterocycles. The molecule has 1 fully saturated rings. The van der Waals surface area contributed by atoms with E-state index < -0.39 is 0 Å². The first kappa shape index (κ1) is 17.7. The van der Waals surface area contributed by atoms with Crippen LogP contribution in [-0.4, -0.2) is 61.3 Å². The second-order valence-electron chi connectivity index (χ2n) is 6.37. The summed E-state index contributed by atoms with van der Waals surface area (Å²) in [5.74, 6) is 1.15. The van der Waals surface area contributed by atoms with Gasteiger partial charge in [0.15, 0.2) is 5.96 Å². The zero-order valence-electron chi connectivity index (χ0n) is 14.2. The average Bonchev–Trinajstić information content (AvgIpc) is 2.54. The highest BCUT2D eigenvalue weighted by molar-refractivity contribution is 5.77. The molecule has 0 radical (unpaired) electrons. The van der Waals surface area contributed by atoms with E-state index in [1.54, 1.807) is 6.20 Å². The third-order valence-corrected chi connectivity index (χ3v) is 3.72. The van der Waals surface area contributed by atoms with Gasteiger partial charge in [-0.05, 0) is 18.1 Å². The Kier molecular flexibility index (Phi) is 7.29. The number of guanidine groups is 1. The fourth-order valence-electron chi connectivity index (χ4n) is 2.69. The molecule has 3 N–H and O–H groups in total. The second kappa shape index (κ2) is 9.47. The van der Waals surface area contributed by atoms with E-state index in [-0.39, 0.29) is 6.10 Å². The summed E-state index contributed by atoms with van der Waals surface area (Å²) >= 11 is 0. The van der Waals surface area contributed by atoms with Crippen LogP contribution in [0.3, 0.4) is 0 Å². The Morgan fingerprint density at radius 1 is 1.52 bits per heavy atom. The van der Waals surface area contributed by atoms with Gasteiger partial charge in [0.2, 0.25) is 0 Å². The van der Waals surface area contributed by atoms with Crippen LogP contribution < -0.4 is 11.1 Å². The summed E-state index contributed by atoms with van der Waals surface area (Å²) < 4.78 is 5.77. The van der Waals surface area contributed by atoms with Gasteiger partial charge in [0, 0.05) is 44.5 Å². The number of nitrogens with zero attached hydrogens (tertiary/aromatic N) is 3. The van der Waals surface area contributed by atoms with Gasteiger partial charge in [0.25, 0.3) is 0 Å². The molecule has 0 unspecified atom stereocenters. The summed E-state index contributed by atoms with van der Waals surface area (Å²) in [5, 5.41) is 3.13. The predicted molar refractivity (Wildman–Crippen MR) is 93.5 cm³/mol. The van der Waals surface area contributed by atoms with Crippen LogP contribution in [0, 0.1) is 5.92 Å². The number of nitrogens with two attached hydrogens (primary N) is 1. The van der Waals surface area contributed by atoms with Crippen LogP contribution >= 0.6 is 0 Å². The normalized spacial score (nSPS) is 20.0. The lowest BCUT2D eigenvalue weighted by molar-refractivity contribution is -0.0261. The third-order valence-electron chi connectivity index (χ3n) is 3.72. The van der Waals surface area contributed by atoms with Gasteiger partial charge >= 0.3 is 0 Å². The first-order valence-corrected chi connectivity index (χ1v) is 8.41. The van der Waals surface area contributed by atoms with Crippen molar-refractivity contribution in [3.05, 3.63) is 30.1 Å². The molecule has 128 valence electrons. The minimum atomic E-state index is 0.138. The minimum absolute atomic E-state index is 0.138. The van der Waals surface area contributed by atoms with Crippen molar-refractivity contribution in [2.45, 2.75) is 26.4 Å². The second-order valence-corrected chi connectivity index (χ2v) is 6.37. The van der Waals surface area contributed by atoms with Crippen molar-refractivity contribution in [1.82, 2.24) is 15.2 Å². The van der Waals surface area contributed by atoms with Gasteiger partial charge in [-0.1, -0.05) is 19.9 Å². The van der Waals surface area contributed by atoms with Crippen LogP contribution in [0.1, 0.15) is 19.5 Å². The van der Waals surface area contributed by atoms with Crippen molar-refractivity contribution in [3.8, 4) is 0 Å². The van der Waals surface area contributed by atoms with Crippen molar-refractivity contribution >= 4 is 5.96 Å². The van der Waals surface area contributed by atoms with E-state index in [0.29, 0.717) is 18.4 Å². The highest BCUT2D eigenvalue weighted by atomic mass is 16.5. The molecule has 1 aliphatic rings. The fraction of sp³-hybridized carbons (Fsp3) is 0.647. The Morgan fingerprint density at radius 2 is 2.39 bits per heavy atom. The molecule has 6 nitrogen and oxygen atoms in total. The first-order chi connectivity index (χ1) is 11.1. The molecule has 0 aromatic carbocycles. The van der Waals surface area contributed by atoms with Crippen molar-refractivity contribution in [2.24, 2.45) is 16.6 Å². The Balaban J connectivity index is 1.67. The number of aliphatic imine (C=N–C) groups is 1. The number of hydrogen-bond acceptors (Lipinski definition) is 4. The van der Waals surface area contributed by atoms with Gasteiger partial charge < -0.3 is 15.8 Å². The summed E-state index contributed by atoms with van der Waals surface area (Å²) in [6.07, 6.45) is 2.77. The molecule has 23 heavy (non-hydrogen) atoms. The van der Waals surface area contributed by atoms with E-state index in [9.17, 15) is 0 Å². The van der Waals surface area contributed by atoms with Crippen LogP contribution in [0.4, 0.5) is 0 Å². The number of pyridine rings is 1. The molecule has 0 spiro atoms. The van der Waals surface area contributed by atoms with E-state index in [1.807, 2.05) is 18.2 Å². The number of nitrogens with one attached hydrogen (secondary N) is 1. The van der Waals surface area contributed by atoms with Gasteiger partial charge in [-0.3, -0.25) is 14.9 Å². The van der Waals surface area contributed by atoms with Gasteiger partial charge in [-0.25, -0.2) is 0 Å². The van der Waals surface area contributed by atoms with Crippen LogP contribution in [0.5, 0.6) is 0 Å². The third kappa shape index (κ3) is 6.97. The number of hydrogen-bond donors (Lipinski definition) is 2. The largest absolute Gasteiger partial charge is 0.374 e. The summed E-state index contributed by atoms with van der Waals surface area (Å²) in [5.41, 5.74) is 6.97. The smallest absolute Gasteiger partial charge is 0.188 e. The van der Waals surface area contributed by atoms with E-state index in [0.717, 1.165) is 44.9 Å². The van der Waals surface area contributed by atoms with Gasteiger partial charge in [-0.15, -0.1) is 0 Å². The SMILES string of the molecule is CC(C)CN1CCO[C@H](CN=C(N)NCCc2ccccn2)C1. The summed E-state index contributed by atoms with van der Waals surface area (Å²) in [6, 6.07) is 5.91. The summed E-state index contributed by atoms with van der Waals surface area (Å²) in [7, 11) is 0. The van der Waals surface area contributed by atoms with E-state index in [4.69, 9.17) is 10.5 Å². The Labute approximate surface area is 139 Å². The van der Waals surface area contributed by atoms with Crippen LogP contribution in [0.15, 0.2) is 29.4 Å². The highest BCUT2D eigenvalue weighted by Crippen LogP contribution is 2.08. The zero-order valence-corrected chi connectivity index (χ0v) is 14.2. The number of aromatic nitrogens is 1. The Bertz CT molecular complexity index is 477. The Hall–Kier alpha value is -1.66. The highest BCUT2D eigenvalue weighted by Gasteiger charge is 2.20. The van der Waals surface area contributed by atoms with Crippen LogP contribution in [-0.2, 0) is 11.2 Å². The maximum Gasteiger partial charge on any atom is 0.188 e. The lowest BCUT2D eigenvalue weighted by Crippen LogP contribution is -2.45. The van der Waals surface area contributed by atoms with Crippen molar-refractivity contribution < 1.29 is 4.74 Å². The molecular weight excluding hydrogens is 290 g/mol. The molecular formula is C17H29N5O. The monoisotopic (exact) mass is 319 g/mol. The quantitative estimate of drug-likeness (QED) is 0.576. The average molecular weight is 319 g/mol. The molecule has 0 aliphatic carbocycles. The molecule has 6 heteroatoms. The minimum Gasteiger partial charge on any atom is -0.374 e. The molecule has 1 atom stereocenters.